The van der Waals surface area contributed by atoms with Crippen LogP contribution in [0, 0.1) is 0 Å². The second-order valence-electron chi connectivity index (χ2n) is 9.29. The van der Waals surface area contributed by atoms with Gasteiger partial charge in [0.2, 0.25) is 0 Å². The molecule has 0 spiro atoms. The molecule has 4 heterocycles. The van der Waals surface area contributed by atoms with Gasteiger partial charge in [-0.05, 0) is 51.1 Å². The first-order chi connectivity index (χ1) is 17.8. The van der Waals surface area contributed by atoms with E-state index in [1.807, 2.05) is 25.1 Å². The number of nitrogens with zero attached hydrogens (tertiary/aromatic N) is 4. The van der Waals surface area contributed by atoms with E-state index in [1.54, 1.807) is 18.3 Å². The molecule has 1 saturated heterocycles. The lowest BCUT2D eigenvalue weighted by atomic mass is 10.1. The molecule has 3 N–H and O–H groups in total. The van der Waals surface area contributed by atoms with Gasteiger partial charge in [0.05, 0.1) is 27.4 Å². The zero-order valence-electron chi connectivity index (χ0n) is 20.6. The molecule has 1 amide bonds. The van der Waals surface area contributed by atoms with E-state index in [4.69, 9.17) is 27.9 Å². The van der Waals surface area contributed by atoms with Crippen LogP contribution >= 0.6 is 23.2 Å². The number of aromatic nitrogens is 4. The summed E-state index contributed by atoms with van der Waals surface area (Å²) < 4.78 is 6.09. The highest BCUT2D eigenvalue weighted by molar-refractivity contribution is 6.35. The summed E-state index contributed by atoms with van der Waals surface area (Å²) in [5, 5.41) is 15.0. The van der Waals surface area contributed by atoms with E-state index in [2.05, 4.69) is 49.5 Å². The molecule has 5 rings (SSSR count). The summed E-state index contributed by atoms with van der Waals surface area (Å²) in [6.45, 7) is 7.92. The van der Waals surface area contributed by atoms with Gasteiger partial charge in [-0.2, -0.15) is 5.10 Å². The standard InChI is InChI=1S/C26H27Cl2N7O2/c1-14-12-35(13-15(2)31-14)23-7-4-17(9-30-23)32-26(36)25-19-8-18(5-6-22(19)33-34-25)37-16(3)24-20(27)10-29-11-21(24)28/h4-11,14-16,31H,12-13H2,1-3H3,(H,32,36)(H,33,34)/t14-,15-,16?/m0/s1. The number of carbonyl (C=O) groups is 1. The minimum Gasteiger partial charge on any atom is -0.486 e. The number of ether oxygens (including phenoxy) is 1. The van der Waals surface area contributed by atoms with E-state index in [1.165, 1.54) is 12.4 Å². The first-order valence-electron chi connectivity index (χ1n) is 12.0. The molecule has 4 aromatic rings. The SMILES string of the molecule is CC(Oc1ccc2[nH]nc(C(=O)Nc3ccc(N4C[C@H](C)N[C@@H](C)C4)nc3)c2c1)c1c(Cl)cncc1Cl. The van der Waals surface area contributed by atoms with Crippen LogP contribution in [0.5, 0.6) is 5.75 Å². The minimum absolute atomic E-state index is 0.252. The molecule has 0 radical (unpaired) electrons. The number of hydrogen-bond donors (Lipinski definition) is 3. The van der Waals surface area contributed by atoms with Gasteiger partial charge in [-0.25, -0.2) is 4.98 Å². The lowest BCUT2D eigenvalue weighted by molar-refractivity contribution is 0.102. The molecule has 1 aromatic carbocycles. The fraction of sp³-hybridized carbons (Fsp3) is 0.308. The highest BCUT2D eigenvalue weighted by atomic mass is 35.5. The van der Waals surface area contributed by atoms with Gasteiger partial charge in [-0.15, -0.1) is 0 Å². The van der Waals surface area contributed by atoms with E-state index in [0.717, 1.165) is 18.9 Å². The summed E-state index contributed by atoms with van der Waals surface area (Å²) >= 11 is 12.5. The summed E-state index contributed by atoms with van der Waals surface area (Å²) in [6, 6.07) is 9.91. The lowest BCUT2D eigenvalue weighted by Gasteiger charge is -2.36. The van der Waals surface area contributed by atoms with Gasteiger partial charge in [0, 0.05) is 48.5 Å². The molecule has 11 heteroatoms. The predicted molar refractivity (Wildman–Crippen MR) is 146 cm³/mol. The number of piperazine rings is 1. The molecule has 37 heavy (non-hydrogen) atoms. The van der Waals surface area contributed by atoms with Gasteiger partial charge in [-0.3, -0.25) is 14.9 Å². The fourth-order valence-electron chi connectivity index (χ4n) is 4.66. The topological polar surface area (TPSA) is 108 Å². The van der Waals surface area contributed by atoms with Crippen LogP contribution in [0.2, 0.25) is 10.0 Å². The number of benzene rings is 1. The number of pyridine rings is 2. The molecule has 0 bridgehead atoms. The molecule has 0 aliphatic carbocycles. The third-order valence-electron chi connectivity index (χ3n) is 6.25. The number of nitrogens with one attached hydrogen (secondary N) is 3. The van der Waals surface area contributed by atoms with Gasteiger partial charge < -0.3 is 20.3 Å². The highest BCUT2D eigenvalue weighted by Gasteiger charge is 2.22. The quantitative estimate of drug-likeness (QED) is 0.307. The second kappa shape index (κ2) is 10.5. The van der Waals surface area contributed by atoms with E-state index < -0.39 is 6.10 Å². The third kappa shape index (κ3) is 5.49. The Morgan fingerprint density at radius 3 is 2.51 bits per heavy atom. The third-order valence-corrected chi connectivity index (χ3v) is 6.85. The molecule has 192 valence electrons. The molecular formula is C26H27Cl2N7O2. The summed E-state index contributed by atoms with van der Waals surface area (Å²) in [4.78, 5) is 23.9. The Balaban J connectivity index is 1.31. The number of halogens is 2. The van der Waals surface area contributed by atoms with Gasteiger partial charge in [0.25, 0.3) is 5.91 Å². The van der Waals surface area contributed by atoms with Crippen molar-refractivity contribution < 1.29 is 9.53 Å². The van der Waals surface area contributed by atoms with E-state index in [9.17, 15) is 4.79 Å². The van der Waals surface area contributed by atoms with Gasteiger partial charge in [0.1, 0.15) is 17.7 Å². The largest absolute Gasteiger partial charge is 0.486 e. The van der Waals surface area contributed by atoms with Crippen molar-refractivity contribution in [3.05, 3.63) is 70.2 Å². The number of aromatic amines is 1. The van der Waals surface area contributed by atoms with Crippen molar-refractivity contribution in [2.24, 2.45) is 0 Å². The van der Waals surface area contributed by atoms with Crippen LogP contribution in [0.3, 0.4) is 0 Å². The number of amides is 1. The summed E-state index contributed by atoms with van der Waals surface area (Å²) in [6.07, 6.45) is 4.28. The maximum atomic E-state index is 13.1. The molecule has 9 nitrogen and oxygen atoms in total. The van der Waals surface area contributed by atoms with Crippen LogP contribution in [0.25, 0.3) is 10.9 Å². The number of H-pyrrole nitrogens is 1. The van der Waals surface area contributed by atoms with Crippen LogP contribution in [-0.2, 0) is 0 Å². The van der Waals surface area contributed by atoms with Crippen molar-refractivity contribution in [2.75, 3.05) is 23.3 Å². The molecule has 1 aliphatic rings. The number of fused-ring (bicyclic) bond motifs is 1. The maximum Gasteiger partial charge on any atom is 0.276 e. The zero-order valence-corrected chi connectivity index (χ0v) is 22.1. The molecule has 1 aliphatic heterocycles. The van der Waals surface area contributed by atoms with Crippen molar-refractivity contribution in [1.29, 1.82) is 0 Å². The van der Waals surface area contributed by atoms with Crippen molar-refractivity contribution in [2.45, 2.75) is 39.0 Å². The highest BCUT2D eigenvalue weighted by Crippen LogP contribution is 2.33. The zero-order chi connectivity index (χ0) is 26.1. The van der Waals surface area contributed by atoms with Gasteiger partial charge in [-0.1, -0.05) is 23.2 Å². The second-order valence-corrected chi connectivity index (χ2v) is 10.1. The summed E-state index contributed by atoms with van der Waals surface area (Å²) in [5.41, 5.74) is 2.19. The lowest BCUT2D eigenvalue weighted by Crippen LogP contribution is -2.54. The number of rotatable bonds is 6. The van der Waals surface area contributed by atoms with Crippen molar-refractivity contribution in [3.63, 3.8) is 0 Å². The molecule has 3 aromatic heterocycles. The number of hydrogen-bond acceptors (Lipinski definition) is 7. The summed E-state index contributed by atoms with van der Waals surface area (Å²) in [5.74, 6) is 1.08. The predicted octanol–water partition coefficient (Wildman–Crippen LogP) is 5.24. The smallest absolute Gasteiger partial charge is 0.276 e. The normalized spacial score (nSPS) is 18.6. The fourth-order valence-corrected chi connectivity index (χ4v) is 5.34. The van der Waals surface area contributed by atoms with E-state index in [0.29, 0.717) is 50.0 Å². The van der Waals surface area contributed by atoms with E-state index >= 15 is 0 Å². The first-order valence-corrected chi connectivity index (χ1v) is 12.8. The van der Waals surface area contributed by atoms with Crippen molar-refractivity contribution >= 4 is 51.5 Å². The monoisotopic (exact) mass is 539 g/mol. The molecule has 0 saturated carbocycles. The van der Waals surface area contributed by atoms with Crippen LogP contribution in [0.4, 0.5) is 11.5 Å². The average Bonchev–Trinajstić information content (AvgIpc) is 3.27. The Kier molecular flexibility index (Phi) is 7.19. The van der Waals surface area contributed by atoms with Gasteiger partial charge >= 0.3 is 0 Å². The van der Waals surface area contributed by atoms with Crippen LogP contribution in [0.15, 0.2) is 48.9 Å². The van der Waals surface area contributed by atoms with Crippen LogP contribution < -0.4 is 20.3 Å². The number of carbonyl (C=O) groups excluding carboxylic acids is 1. The van der Waals surface area contributed by atoms with Gasteiger partial charge in [0.15, 0.2) is 5.69 Å². The Bertz CT molecular complexity index is 1400. The van der Waals surface area contributed by atoms with E-state index in [-0.39, 0.29) is 11.6 Å². The van der Waals surface area contributed by atoms with Crippen LogP contribution in [0.1, 0.15) is 42.9 Å². The molecule has 1 unspecified atom stereocenters. The minimum atomic E-state index is -0.434. The van der Waals surface area contributed by atoms with Crippen molar-refractivity contribution in [3.8, 4) is 5.75 Å². The molecule has 1 fully saturated rings. The number of anilines is 2. The Hall–Kier alpha value is -3.40. The summed E-state index contributed by atoms with van der Waals surface area (Å²) in [7, 11) is 0. The molecular weight excluding hydrogens is 513 g/mol. The Morgan fingerprint density at radius 2 is 1.84 bits per heavy atom. The Labute approximate surface area is 224 Å². The van der Waals surface area contributed by atoms with Crippen molar-refractivity contribution in [1.82, 2.24) is 25.5 Å². The maximum absolute atomic E-state index is 13.1. The van der Waals surface area contributed by atoms with Crippen LogP contribution in [-0.4, -0.2) is 51.2 Å². The first kappa shape index (κ1) is 25.3. The Morgan fingerprint density at radius 1 is 1.11 bits per heavy atom. The average molecular weight is 540 g/mol. The molecule has 3 atom stereocenters.